The lowest BCUT2D eigenvalue weighted by molar-refractivity contribution is 0.100. The zero-order chi connectivity index (χ0) is 13.9. The Balaban J connectivity index is 2.52. The van der Waals surface area contributed by atoms with Gasteiger partial charge in [0.1, 0.15) is 18.2 Å². The van der Waals surface area contributed by atoms with Crippen LogP contribution in [0.5, 0.6) is 5.75 Å². The average Bonchev–Trinajstić information content (AvgIpc) is 2.38. The Morgan fingerprint density at radius 3 is 2.79 bits per heavy atom. The molecule has 1 rings (SSSR count). The van der Waals surface area contributed by atoms with Gasteiger partial charge in [0, 0.05) is 30.5 Å². The molecule has 2 nitrogen and oxygen atoms in total. The first-order chi connectivity index (χ1) is 9.26. The van der Waals surface area contributed by atoms with Crippen molar-refractivity contribution < 1.29 is 13.9 Å². The highest BCUT2D eigenvalue weighted by molar-refractivity contribution is 6.18. The Labute approximate surface area is 118 Å². The Bertz CT molecular complexity index is 438. The van der Waals surface area contributed by atoms with Crippen molar-refractivity contribution >= 4 is 11.6 Å². The van der Waals surface area contributed by atoms with Gasteiger partial charge in [-0.3, -0.25) is 0 Å². The monoisotopic (exact) mass is 284 g/mol. The van der Waals surface area contributed by atoms with Gasteiger partial charge in [-0.05, 0) is 18.6 Å². The summed E-state index contributed by atoms with van der Waals surface area (Å²) in [7, 11) is 0. The fourth-order valence-corrected chi connectivity index (χ4v) is 1.49. The van der Waals surface area contributed by atoms with Crippen LogP contribution in [0.2, 0.25) is 0 Å². The number of rotatable bonds is 7. The third-order valence-electron chi connectivity index (χ3n) is 2.17. The minimum absolute atomic E-state index is 0.359. The maximum Gasteiger partial charge on any atom is 0.128 e. The molecule has 0 saturated heterocycles. The highest BCUT2D eigenvalue weighted by atomic mass is 35.5. The quantitative estimate of drug-likeness (QED) is 0.433. The molecule has 0 N–H and O–H groups in total. The minimum Gasteiger partial charge on any atom is -0.491 e. The molecule has 19 heavy (non-hydrogen) atoms. The third-order valence-corrected chi connectivity index (χ3v) is 2.36. The second kappa shape index (κ2) is 9.66. The summed E-state index contributed by atoms with van der Waals surface area (Å²) >= 11 is 5.53. The topological polar surface area (TPSA) is 18.5 Å². The molecule has 0 saturated carbocycles. The van der Waals surface area contributed by atoms with Gasteiger partial charge in [-0.2, -0.15) is 0 Å². The zero-order valence-corrected chi connectivity index (χ0v) is 11.8. The van der Waals surface area contributed by atoms with Crippen molar-refractivity contribution in [2.75, 3.05) is 25.7 Å². The molecular formula is C15H18ClFO2. The fourth-order valence-electron chi connectivity index (χ4n) is 1.39. The van der Waals surface area contributed by atoms with Crippen molar-refractivity contribution in [3.63, 3.8) is 0 Å². The van der Waals surface area contributed by atoms with E-state index in [2.05, 4.69) is 11.8 Å². The molecule has 0 unspecified atom stereocenters. The van der Waals surface area contributed by atoms with Crippen molar-refractivity contribution in [2.24, 2.45) is 0 Å². The standard InChI is InChI=1S/C15H18ClFO2/c1-2-7-18-8-9-19-15-11-13(5-3-4-6-16)10-14(17)12-15/h10-12H,2,4,6-9H2,1H3. The Hall–Kier alpha value is -1.24. The number of alkyl halides is 1. The van der Waals surface area contributed by atoms with Crippen LogP contribution in [0.25, 0.3) is 0 Å². The SMILES string of the molecule is CCCOCCOc1cc(F)cc(C#CCCCl)c1. The van der Waals surface area contributed by atoms with Crippen LogP contribution in [0.15, 0.2) is 18.2 Å². The van der Waals surface area contributed by atoms with E-state index in [0.29, 0.717) is 43.4 Å². The number of hydrogen-bond acceptors (Lipinski definition) is 2. The first kappa shape index (κ1) is 15.8. The molecule has 104 valence electrons. The van der Waals surface area contributed by atoms with E-state index >= 15 is 0 Å². The summed E-state index contributed by atoms with van der Waals surface area (Å²) in [5.41, 5.74) is 0.592. The normalized spacial score (nSPS) is 9.84. The molecule has 0 fully saturated rings. The van der Waals surface area contributed by atoms with Crippen LogP contribution in [0.3, 0.4) is 0 Å². The summed E-state index contributed by atoms with van der Waals surface area (Å²) < 4.78 is 24.1. The van der Waals surface area contributed by atoms with Crippen LogP contribution in [-0.4, -0.2) is 25.7 Å². The minimum atomic E-state index is -0.359. The van der Waals surface area contributed by atoms with Crippen LogP contribution < -0.4 is 4.74 Å². The molecule has 1 aromatic carbocycles. The van der Waals surface area contributed by atoms with Crippen molar-refractivity contribution in [3.8, 4) is 17.6 Å². The van der Waals surface area contributed by atoms with Gasteiger partial charge in [-0.15, -0.1) is 11.6 Å². The molecule has 1 aromatic rings. The molecule has 0 amide bonds. The average molecular weight is 285 g/mol. The van der Waals surface area contributed by atoms with Crippen molar-refractivity contribution in [1.29, 1.82) is 0 Å². The van der Waals surface area contributed by atoms with E-state index in [9.17, 15) is 4.39 Å². The lowest BCUT2D eigenvalue weighted by Crippen LogP contribution is -2.07. The summed E-state index contributed by atoms with van der Waals surface area (Å²) in [6.45, 7) is 3.65. The van der Waals surface area contributed by atoms with E-state index in [4.69, 9.17) is 21.1 Å². The number of halogens is 2. The molecule has 0 heterocycles. The predicted molar refractivity (Wildman–Crippen MR) is 75.2 cm³/mol. The number of hydrogen-bond donors (Lipinski definition) is 0. The van der Waals surface area contributed by atoms with E-state index in [0.717, 1.165) is 6.42 Å². The molecule has 0 aliphatic rings. The smallest absolute Gasteiger partial charge is 0.128 e. The summed E-state index contributed by atoms with van der Waals surface area (Å²) in [5, 5.41) is 0. The van der Waals surface area contributed by atoms with Gasteiger partial charge in [0.15, 0.2) is 0 Å². The molecule has 0 bridgehead atoms. The molecular weight excluding hydrogens is 267 g/mol. The summed E-state index contributed by atoms with van der Waals surface area (Å²) in [6.07, 6.45) is 1.55. The van der Waals surface area contributed by atoms with Crippen molar-refractivity contribution in [3.05, 3.63) is 29.6 Å². The molecule has 0 atom stereocenters. The van der Waals surface area contributed by atoms with Gasteiger partial charge in [-0.25, -0.2) is 4.39 Å². The predicted octanol–water partition coefficient (Wildman–Crippen LogP) is 3.61. The second-order valence-corrected chi connectivity index (χ2v) is 4.26. The number of benzene rings is 1. The highest BCUT2D eigenvalue weighted by Gasteiger charge is 2.00. The van der Waals surface area contributed by atoms with Crippen LogP contribution in [-0.2, 0) is 4.74 Å². The lowest BCUT2D eigenvalue weighted by Gasteiger charge is -2.07. The summed E-state index contributed by atoms with van der Waals surface area (Å²) in [4.78, 5) is 0. The summed E-state index contributed by atoms with van der Waals surface area (Å²) in [6, 6.07) is 4.43. The van der Waals surface area contributed by atoms with Crippen LogP contribution >= 0.6 is 11.6 Å². The van der Waals surface area contributed by atoms with Crippen LogP contribution in [0.4, 0.5) is 4.39 Å². The first-order valence-corrected chi connectivity index (χ1v) is 6.85. The fraction of sp³-hybridized carbons (Fsp3) is 0.467. The van der Waals surface area contributed by atoms with Gasteiger partial charge < -0.3 is 9.47 Å². The van der Waals surface area contributed by atoms with Crippen LogP contribution in [0, 0.1) is 17.7 Å². The zero-order valence-electron chi connectivity index (χ0n) is 11.0. The first-order valence-electron chi connectivity index (χ1n) is 6.32. The van der Waals surface area contributed by atoms with Crippen molar-refractivity contribution in [2.45, 2.75) is 19.8 Å². The lowest BCUT2D eigenvalue weighted by atomic mass is 10.2. The molecule has 0 aliphatic heterocycles. The largest absolute Gasteiger partial charge is 0.491 e. The molecule has 0 radical (unpaired) electrons. The van der Waals surface area contributed by atoms with Gasteiger partial charge in [0.2, 0.25) is 0 Å². The van der Waals surface area contributed by atoms with Gasteiger partial charge in [-0.1, -0.05) is 18.8 Å². The Morgan fingerprint density at radius 2 is 2.05 bits per heavy atom. The third kappa shape index (κ3) is 7.05. The number of ether oxygens (including phenoxy) is 2. The molecule has 0 aromatic heterocycles. The van der Waals surface area contributed by atoms with E-state index in [1.165, 1.54) is 12.1 Å². The Kier molecular flexibility index (Phi) is 8.04. The maximum atomic E-state index is 13.4. The van der Waals surface area contributed by atoms with Crippen LogP contribution in [0.1, 0.15) is 25.3 Å². The highest BCUT2D eigenvalue weighted by Crippen LogP contribution is 2.15. The van der Waals surface area contributed by atoms with Gasteiger partial charge in [0.25, 0.3) is 0 Å². The maximum absolute atomic E-state index is 13.4. The van der Waals surface area contributed by atoms with E-state index < -0.39 is 0 Å². The Morgan fingerprint density at radius 1 is 1.21 bits per heavy atom. The summed E-state index contributed by atoms with van der Waals surface area (Å²) in [5.74, 6) is 6.29. The molecule has 4 heteroatoms. The van der Waals surface area contributed by atoms with E-state index in [1.54, 1.807) is 6.07 Å². The second-order valence-electron chi connectivity index (χ2n) is 3.88. The van der Waals surface area contributed by atoms with Crippen molar-refractivity contribution in [1.82, 2.24) is 0 Å². The van der Waals surface area contributed by atoms with Gasteiger partial charge in [0.05, 0.1) is 6.61 Å². The van der Waals surface area contributed by atoms with E-state index in [-0.39, 0.29) is 5.82 Å². The molecule has 0 spiro atoms. The van der Waals surface area contributed by atoms with E-state index in [1.807, 2.05) is 6.92 Å². The molecule has 0 aliphatic carbocycles. The van der Waals surface area contributed by atoms with Gasteiger partial charge >= 0.3 is 0 Å².